The van der Waals surface area contributed by atoms with Gasteiger partial charge in [0.15, 0.2) is 0 Å². The third-order valence-electron chi connectivity index (χ3n) is 7.17. The summed E-state index contributed by atoms with van der Waals surface area (Å²) < 4.78 is 5.56. The molecule has 1 fully saturated rings. The van der Waals surface area contributed by atoms with Crippen molar-refractivity contribution in [3.63, 3.8) is 0 Å². The third-order valence-corrected chi connectivity index (χ3v) is 7.17. The molecule has 0 bridgehead atoms. The molecule has 3 N–H and O–H groups in total. The molecule has 1 saturated carbocycles. The van der Waals surface area contributed by atoms with Crippen LogP contribution in [-0.2, 0) is 14.3 Å². The Kier molecular flexibility index (Phi) is 6.91. The monoisotopic (exact) mass is 464 g/mol. The molecule has 7 heteroatoms. The first kappa shape index (κ1) is 23.8. The van der Waals surface area contributed by atoms with Gasteiger partial charge in [0.25, 0.3) is 0 Å². The number of benzene rings is 2. The highest BCUT2D eigenvalue weighted by molar-refractivity contribution is 5.87. The Morgan fingerprint density at radius 3 is 2.18 bits per heavy atom. The summed E-state index contributed by atoms with van der Waals surface area (Å²) in [5, 5.41) is 15.0. The third kappa shape index (κ3) is 4.93. The summed E-state index contributed by atoms with van der Waals surface area (Å²) in [6, 6.07) is 16.3. The zero-order chi connectivity index (χ0) is 24.3. The maximum atomic E-state index is 12.5. The van der Waals surface area contributed by atoms with Crippen molar-refractivity contribution in [2.75, 3.05) is 13.2 Å². The molecule has 0 radical (unpaired) electrons. The Balaban J connectivity index is 1.28. The summed E-state index contributed by atoms with van der Waals surface area (Å²) in [6.45, 7) is 4.03. The largest absolute Gasteiger partial charge is 0.480 e. The second kappa shape index (κ2) is 9.87. The fourth-order valence-electron chi connectivity index (χ4n) is 4.83. The van der Waals surface area contributed by atoms with Gasteiger partial charge in [-0.05, 0) is 53.9 Å². The number of carboxylic acid groups (broad SMARTS) is 1. The van der Waals surface area contributed by atoms with E-state index in [0.717, 1.165) is 24.0 Å². The van der Waals surface area contributed by atoms with E-state index in [2.05, 4.69) is 34.9 Å². The molecule has 2 aliphatic carbocycles. The van der Waals surface area contributed by atoms with Crippen molar-refractivity contribution >= 4 is 18.0 Å². The summed E-state index contributed by atoms with van der Waals surface area (Å²) in [4.78, 5) is 36.6. The molecule has 0 aromatic heterocycles. The number of ether oxygens (including phenoxy) is 1. The minimum absolute atomic E-state index is 0.0120. The molecule has 7 nitrogen and oxygen atoms in total. The van der Waals surface area contributed by atoms with Gasteiger partial charge in [0.05, 0.1) is 0 Å². The van der Waals surface area contributed by atoms with Crippen LogP contribution >= 0.6 is 0 Å². The van der Waals surface area contributed by atoms with E-state index in [1.54, 1.807) is 6.92 Å². The molecule has 2 aromatic carbocycles. The van der Waals surface area contributed by atoms with E-state index in [1.807, 2.05) is 31.2 Å². The number of carbonyl (C=O) groups excluding carboxylic acids is 2. The second-order valence-corrected chi connectivity index (χ2v) is 9.51. The molecule has 34 heavy (non-hydrogen) atoms. The van der Waals surface area contributed by atoms with Gasteiger partial charge < -0.3 is 20.5 Å². The molecule has 180 valence electrons. The molecule has 2 amide bonds. The number of aliphatic carboxylic acids is 1. The van der Waals surface area contributed by atoms with Gasteiger partial charge in [0.1, 0.15) is 12.1 Å². The minimum atomic E-state index is -1.23. The number of rotatable bonds is 10. The molecule has 2 aromatic rings. The molecule has 2 aliphatic rings. The summed E-state index contributed by atoms with van der Waals surface area (Å²) in [5.41, 5.74) is 3.41. The lowest BCUT2D eigenvalue weighted by atomic mass is 9.94. The zero-order valence-electron chi connectivity index (χ0n) is 19.7. The van der Waals surface area contributed by atoms with E-state index < -0.39 is 17.6 Å². The Morgan fingerprint density at radius 1 is 1.06 bits per heavy atom. The highest BCUT2D eigenvalue weighted by atomic mass is 16.5. The van der Waals surface area contributed by atoms with E-state index in [4.69, 9.17) is 4.74 Å². The lowest BCUT2D eigenvalue weighted by molar-refractivity contribution is -0.148. The Hall–Kier alpha value is -3.35. The van der Waals surface area contributed by atoms with Gasteiger partial charge in [-0.15, -0.1) is 0 Å². The Bertz CT molecular complexity index is 1030. The van der Waals surface area contributed by atoms with E-state index in [0.29, 0.717) is 6.42 Å². The average Bonchev–Trinajstić information content (AvgIpc) is 3.64. The van der Waals surface area contributed by atoms with Gasteiger partial charge in [0, 0.05) is 18.9 Å². The first-order chi connectivity index (χ1) is 16.3. The number of hydrogen-bond donors (Lipinski definition) is 3. The first-order valence-electron chi connectivity index (χ1n) is 12.0. The van der Waals surface area contributed by atoms with Crippen LogP contribution in [0, 0.1) is 11.8 Å². The van der Waals surface area contributed by atoms with Gasteiger partial charge in [0.2, 0.25) is 5.91 Å². The molecule has 2 unspecified atom stereocenters. The van der Waals surface area contributed by atoms with Crippen LogP contribution in [-0.4, -0.2) is 41.8 Å². The van der Waals surface area contributed by atoms with Gasteiger partial charge in [-0.2, -0.15) is 0 Å². The number of fused-ring (bicyclic) bond motifs is 3. The first-order valence-corrected chi connectivity index (χ1v) is 12.0. The lowest BCUT2D eigenvalue weighted by Crippen LogP contribution is -2.54. The van der Waals surface area contributed by atoms with Gasteiger partial charge >= 0.3 is 12.1 Å². The molecule has 4 rings (SSSR count). The van der Waals surface area contributed by atoms with Crippen molar-refractivity contribution in [2.45, 2.75) is 51.0 Å². The molecule has 0 aliphatic heterocycles. The maximum absolute atomic E-state index is 12.5. The maximum Gasteiger partial charge on any atom is 0.407 e. The quantitative estimate of drug-likeness (QED) is 0.486. The summed E-state index contributed by atoms with van der Waals surface area (Å²) in [6.07, 6.45) is 1.92. The summed E-state index contributed by atoms with van der Waals surface area (Å²) >= 11 is 0. The smallest absolute Gasteiger partial charge is 0.407 e. The predicted octanol–water partition coefficient (Wildman–Crippen LogP) is 4.31. The van der Waals surface area contributed by atoms with E-state index >= 15 is 0 Å². The number of alkyl carbamates (subject to hydrolysis) is 1. The molecule has 0 saturated heterocycles. The van der Waals surface area contributed by atoms with Crippen molar-refractivity contribution in [3.8, 4) is 11.1 Å². The van der Waals surface area contributed by atoms with Gasteiger partial charge in [-0.25, -0.2) is 9.59 Å². The van der Waals surface area contributed by atoms with Crippen molar-refractivity contribution in [2.24, 2.45) is 11.8 Å². The van der Waals surface area contributed by atoms with Crippen molar-refractivity contribution in [1.29, 1.82) is 0 Å². The second-order valence-electron chi connectivity index (χ2n) is 9.51. The highest BCUT2D eigenvalue weighted by Crippen LogP contribution is 2.44. The standard InChI is InChI=1S/C27H32N2O5/c1-3-17(14-24(30)29-27(2,25(31)32)18-12-13-18)15-28-26(33)34-16-23-21-10-6-4-8-19(21)20-9-5-7-11-22(20)23/h4-11,17-18,23H,3,12-16H2,1-2H3,(H,28,33)(H,29,30)(H,31,32). The van der Waals surface area contributed by atoms with Crippen LogP contribution in [0.4, 0.5) is 4.79 Å². The normalized spacial score (nSPS) is 17.1. The molecule has 0 heterocycles. The Labute approximate surface area is 199 Å². The average molecular weight is 465 g/mol. The predicted molar refractivity (Wildman–Crippen MR) is 128 cm³/mol. The van der Waals surface area contributed by atoms with E-state index in [9.17, 15) is 19.5 Å². The molecule has 0 spiro atoms. The van der Waals surface area contributed by atoms with Gasteiger partial charge in [-0.1, -0.05) is 61.9 Å². The van der Waals surface area contributed by atoms with Crippen LogP contribution in [0.1, 0.15) is 56.6 Å². The number of amides is 2. The highest BCUT2D eigenvalue weighted by Gasteiger charge is 2.48. The van der Waals surface area contributed by atoms with Crippen LogP contribution in [0.15, 0.2) is 48.5 Å². The van der Waals surface area contributed by atoms with Crippen molar-refractivity contribution < 1.29 is 24.2 Å². The fourth-order valence-corrected chi connectivity index (χ4v) is 4.83. The molecular weight excluding hydrogens is 432 g/mol. The minimum Gasteiger partial charge on any atom is -0.480 e. The van der Waals surface area contributed by atoms with E-state index in [1.165, 1.54) is 11.1 Å². The number of nitrogens with one attached hydrogen (secondary N) is 2. The van der Waals surface area contributed by atoms with Crippen LogP contribution in [0.2, 0.25) is 0 Å². The SMILES string of the molecule is CCC(CNC(=O)OCC1c2ccccc2-c2ccccc21)CC(=O)NC(C)(C(=O)O)C1CC1. The van der Waals surface area contributed by atoms with Crippen LogP contribution in [0.25, 0.3) is 11.1 Å². The number of carboxylic acids is 1. The lowest BCUT2D eigenvalue weighted by Gasteiger charge is -2.27. The number of carbonyl (C=O) groups is 3. The van der Waals surface area contributed by atoms with Crippen LogP contribution in [0.3, 0.4) is 0 Å². The number of hydrogen-bond acceptors (Lipinski definition) is 4. The molecular formula is C27H32N2O5. The Morgan fingerprint density at radius 2 is 1.65 bits per heavy atom. The van der Waals surface area contributed by atoms with Crippen molar-refractivity contribution in [1.82, 2.24) is 10.6 Å². The summed E-state index contributed by atoms with van der Waals surface area (Å²) in [5.74, 6) is -1.46. The topological polar surface area (TPSA) is 105 Å². The van der Waals surface area contributed by atoms with Crippen LogP contribution in [0.5, 0.6) is 0 Å². The zero-order valence-corrected chi connectivity index (χ0v) is 19.7. The van der Waals surface area contributed by atoms with Crippen LogP contribution < -0.4 is 10.6 Å². The van der Waals surface area contributed by atoms with Gasteiger partial charge in [-0.3, -0.25) is 4.79 Å². The van der Waals surface area contributed by atoms with Crippen molar-refractivity contribution in [3.05, 3.63) is 59.7 Å². The molecule has 2 atom stereocenters. The fraction of sp³-hybridized carbons (Fsp3) is 0.444. The van der Waals surface area contributed by atoms with E-state index in [-0.39, 0.29) is 43.2 Å². The summed E-state index contributed by atoms with van der Waals surface area (Å²) in [7, 11) is 0.